The molecule has 0 amide bonds. The van der Waals surface area contributed by atoms with Crippen LogP contribution in [0.5, 0.6) is 0 Å². The number of allylic oxidation sites excluding steroid dienone is 2. The van der Waals surface area contributed by atoms with E-state index in [0.717, 1.165) is 12.8 Å². The van der Waals surface area contributed by atoms with Crippen LogP contribution < -0.4 is 0 Å². The summed E-state index contributed by atoms with van der Waals surface area (Å²) in [6, 6.07) is 0. The molecule has 0 heterocycles. The summed E-state index contributed by atoms with van der Waals surface area (Å²) in [6.07, 6.45) is 8.11. The van der Waals surface area contributed by atoms with E-state index >= 15 is 0 Å². The molecule has 2 fully saturated rings. The molecule has 1 spiro atoms. The summed E-state index contributed by atoms with van der Waals surface area (Å²) in [5.41, 5.74) is 1.37. The van der Waals surface area contributed by atoms with E-state index in [9.17, 15) is 9.59 Å². The first-order valence-electron chi connectivity index (χ1n) is 7.35. The molecule has 3 aliphatic carbocycles. The molecular weight excluding hydrogens is 224 g/mol. The van der Waals surface area contributed by atoms with E-state index < -0.39 is 0 Å². The van der Waals surface area contributed by atoms with Crippen molar-refractivity contribution in [3.63, 3.8) is 0 Å². The van der Waals surface area contributed by atoms with Gasteiger partial charge in [0.15, 0.2) is 0 Å². The SMILES string of the molecule is CCCCC1=C[C@@]23[C@@H](CC(=O)[C@@H]2C)CC(=O)[C@@H]3C1. The highest BCUT2D eigenvalue weighted by atomic mass is 16.1. The van der Waals surface area contributed by atoms with Crippen molar-refractivity contribution in [1.82, 2.24) is 0 Å². The predicted molar refractivity (Wildman–Crippen MR) is 70.1 cm³/mol. The van der Waals surface area contributed by atoms with Crippen LogP contribution in [0.2, 0.25) is 0 Å². The maximum Gasteiger partial charge on any atom is 0.137 e. The first-order valence-corrected chi connectivity index (χ1v) is 7.35. The third kappa shape index (κ3) is 1.41. The molecule has 2 heteroatoms. The lowest BCUT2D eigenvalue weighted by atomic mass is 9.71. The van der Waals surface area contributed by atoms with Crippen LogP contribution in [0.4, 0.5) is 0 Å². The molecule has 18 heavy (non-hydrogen) atoms. The summed E-state index contributed by atoms with van der Waals surface area (Å²) < 4.78 is 0. The molecule has 0 unspecified atom stereocenters. The van der Waals surface area contributed by atoms with Crippen LogP contribution in [0.15, 0.2) is 11.6 Å². The second-order valence-electron chi connectivity index (χ2n) is 6.42. The fraction of sp³-hybridized carbons (Fsp3) is 0.750. The Labute approximate surface area is 109 Å². The van der Waals surface area contributed by atoms with Crippen molar-refractivity contribution in [3.05, 3.63) is 11.6 Å². The molecule has 0 aromatic carbocycles. The van der Waals surface area contributed by atoms with Gasteiger partial charge in [-0.05, 0) is 25.2 Å². The van der Waals surface area contributed by atoms with Crippen molar-refractivity contribution >= 4 is 11.6 Å². The van der Waals surface area contributed by atoms with Gasteiger partial charge in [-0.25, -0.2) is 0 Å². The number of Topliss-reactive ketones (excluding diaryl/α,β-unsaturated/α-hetero) is 2. The van der Waals surface area contributed by atoms with E-state index in [1.807, 2.05) is 6.92 Å². The smallest absolute Gasteiger partial charge is 0.137 e. The zero-order valence-corrected chi connectivity index (χ0v) is 11.4. The second-order valence-corrected chi connectivity index (χ2v) is 6.42. The van der Waals surface area contributed by atoms with Crippen LogP contribution in [-0.4, -0.2) is 11.6 Å². The van der Waals surface area contributed by atoms with E-state index in [1.165, 1.54) is 18.4 Å². The molecule has 98 valence electrons. The van der Waals surface area contributed by atoms with Crippen molar-refractivity contribution in [2.24, 2.45) is 23.2 Å². The van der Waals surface area contributed by atoms with Gasteiger partial charge in [-0.3, -0.25) is 9.59 Å². The topological polar surface area (TPSA) is 34.1 Å². The molecular formula is C16H22O2. The molecule has 0 saturated heterocycles. The molecule has 0 N–H and O–H groups in total. The molecule has 3 rings (SSSR count). The van der Waals surface area contributed by atoms with Gasteiger partial charge < -0.3 is 0 Å². The lowest BCUT2D eigenvalue weighted by Gasteiger charge is -2.30. The standard InChI is InChI=1S/C16H22O2/c1-3-4-5-11-6-13-15(18)8-12-7-14(17)10(2)16(12,13)9-11/h9-10,12-13H,3-8H2,1-2H3/t10-,12-,13-,16-/m0/s1. The lowest BCUT2D eigenvalue weighted by molar-refractivity contribution is -0.125. The van der Waals surface area contributed by atoms with Gasteiger partial charge in [0.25, 0.3) is 0 Å². The van der Waals surface area contributed by atoms with Gasteiger partial charge in [0.2, 0.25) is 0 Å². The molecule has 3 aliphatic rings. The van der Waals surface area contributed by atoms with Gasteiger partial charge >= 0.3 is 0 Å². The normalized spacial score (nSPS) is 42.1. The minimum atomic E-state index is -0.0722. The van der Waals surface area contributed by atoms with Gasteiger partial charge in [0.05, 0.1) is 0 Å². The Kier molecular flexibility index (Phi) is 2.72. The van der Waals surface area contributed by atoms with Crippen LogP contribution >= 0.6 is 0 Å². The minimum Gasteiger partial charge on any atom is -0.299 e. The number of carbonyl (C=O) groups excluding carboxylic acids is 2. The van der Waals surface area contributed by atoms with E-state index in [1.54, 1.807) is 0 Å². The first kappa shape index (κ1) is 12.1. The number of ketones is 2. The highest BCUT2D eigenvalue weighted by Crippen LogP contribution is 2.63. The van der Waals surface area contributed by atoms with E-state index in [4.69, 9.17) is 0 Å². The van der Waals surface area contributed by atoms with Gasteiger partial charge in [0, 0.05) is 30.1 Å². The average Bonchev–Trinajstić information content (AvgIpc) is 2.90. The number of hydrogen-bond acceptors (Lipinski definition) is 2. The Morgan fingerprint density at radius 3 is 2.67 bits per heavy atom. The van der Waals surface area contributed by atoms with Gasteiger partial charge in [-0.15, -0.1) is 0 Å². The zero-order chi connectivity index (χ0) is 12.9. The lowest BCUT2D eigenvalue weighted by Crippen LogP contribution is -2.31. The van der Waals surface area contributed by atoms with Crippen molar-refractivity contribution in [2.75, 3.05) is 0 Å². The molecule has 0 aromatic heterocycles. The molecule has 0 radical (unpaired) electrons. The molecule has 0 bridgehead atoms. The van der Waals surface area contributed by atoms with Crippen molar-refractivity contribution in [1.29, 1.82) is 0 Å². The van der Waals surface area contributed by atoms with E-state index in [0.29, 0.717) is 30.3 Å². The van der Waals surface area contributed by atoms with Crippen molar-refractivity contribution < 1.29 is 9.59 Å². The van der Waals surface area contributed by atoms with Gasteiger partial charge in [-0.1, -0.05) is 31.9 Å². The first-order chi connectivity index (χ1) is 8.59. The quantitative estimate of drug-likeness (QED) is 0.716. The fourth-order valence-electron chi connectivity index (χ4n) is 4.61. The fourth-order valence-corrected chi connectivity index (χ4v) is 4.61. The highest BCUT2D eigenvalue weighted by molar-refractivity contribution is 5.94. The Hall–Kier alpha value is -0.920. The number of carbonyl (C=O) groups is 2. The third-order valence-corrected chi connectivity index (χ3v) is 5.60. The third-order valence-electron chi connectivity index (χ3n) is 5.60. The second kappa shape index (κ2) is 4.04. The maximum atomic E-state index is 12.2. The summed E-state index contributed by atoms with van der Waals surface area (Å²) in [7, 11) is 0. The Morgan fingerprint density at radius 2 is 1.94 bits per heavy atom. The van der Waals surface area contributed by atoms with E-state index in [2.05, 4.69) is 13.0 Å². The summed E-state index contributed by atoms with van der Waals surface area (Å²) in [5, 5.41) is 0. The highest BCUT2D eigenvalue weighted by Gasteiger charge is 2.63. The Bertz CT molecular complexity index is 432. The average molecular weight is 246 g/mol. The molecule has 0 aliphatic heterocycles. The maximum absolute atomic E-state index is 12.2. The van der Waals surface area contributed by atoms with Crippen molar-refractivity contribution in [3.8, 4) is 0 Å². The predicted octanol–water partition coefficient (Wildman–Crippen LogP) is 3.31. The number of unbranched alkanes of at least 4 members (excludes halogenated alkanes) is 1. The van der Waals surface area contributed by atoms with Crippen LogP contribution in [-0.2, 0) is 9.59 Å². The monoisotopic (exact) mass is 246 g/mol. The van der Waals surface area contributed by atoms with Crippen LogP contribution in [0.1, 0.15) is 52.4 Å². The Morgan fingerprint density at radius 1 is 1.22 bits per heavy atom. The minimum absolute atomic E-state index is 0.0677. The van der Waals surface area contributed by atoms with Gasteiger partial charge in [-0.2, -0.15) is 0 Å². The molecule has 2 saturated carbocycles. The molecule has 4 atom stereocenters. The summed E-state index contributed by atoms with van der Waals surface area (Å²) in [5.74, 6) is 1.32. The molecule has 0 aromatic rings. The number of hydrogen-bond donors (Lipinski definition) is 0. The molecule has 2 nitrogen and oxygen atoms in total. The Balaban J connectivity index is 1.94. The zero-order valence-electron chi connectivity index (χ0n) is 11.4. The number of rotatable bonds is 3. The van der Waals surface area contributed by atoms with Crippen LogP contribution in [0.25, 0.3) is 0 Å². The van der Waals surface area contributed by atoms with E-state index in [-0.39, 0.29) is 17.3 Å². The van der Waals surface area contributed by atoms with Crippen molar-refractivity contribution in [2.45, 2.75) is 52.4 Å². The summed E-state index contributed by atoms with van der Waals surface area (Å²) in [4.78, 5) is 24.2. The largest absolute Gasteiger partial charge is 0.299 e. The van der Waals surface area contributed by atoms with Crippen LogP contribution in [0.3, 0.4) is 0 Å². The van der Waals surface area contributed by atoms with Crippen LogP contribution in [0, 0.1) is 23.2 Å². The summed E-state index contributed by atoms with van der Waals surface area (Å²) >= 11 is 0. The van der Waals surface area contributed by atoms with Gasteiger partial charge in [0.1, 0.15) is 11.6 Å². The summed E-state index contributed by atoms with van der Waals surface area (Å²) in [6.45, 7) is 4.25.